The van der Waals surface area contributed by atoms with Gasteiger partial charge in [-0.3, -0.25) is 9.59 Å². The summed E-state index contributed by atoms with van der Waals surface area (Å²) in [4.78, 5) is 39.8. The van der Waals surface area contributed by atoms with Gasteiger partial charge >= 0.3 is 5.97 Å². The van der Waals surface area contributed by atoms with Gasteiger partial charge in [-0.2, -0.15) is 0 Å². The second-order valence-electron chi connectivity index (χ2n) is 7.52. The zero-order chi connectivity index (χ0) is 22.2. The highest BCUT2D eigenvalue weighted by molar-refractivity contribution is 6.08. The summed E-state index contributed by atoms with van der Waals surface area (Å²) < 4.78 is 10.6. The number of benzene rings is 2. The first-order valence-electron chi connectivity index (χ1n) is 10.5. The highest BCUT2D eigenvalue weighted by Crippen LogP contribution is 2.20. The summed E-state index contributed by atoms with van der Waals surface area (Å²) in [6.45, 7) is 2.97. The van der Waals surface area contributed by atoms with Crippen molar-refractivity contribution in [2.45, 2.75) is 38.7 Å². The van der Waals surface area contributed by atoms with Crippen LogP contribution in [0.1, 0.15) is 53.3 Å². The predicted octanol–water partition coefficient (Wildman–Crippen LogP) is 3.90. The van der Waals surface area contributed by atoms with Crippen molar-refractivity contribution in [3.63, 3.8) is 0 Å². The largest absolute Gasteiger partial charge is 0.497 e. The third-order valence-corrected chi connectivity index (χ3v) is 5.30. The Bertz CT molecular complexity index is 918. The summed E-state index contributed by atoms with van der Waals surface area (Å²) in [6.07, 6.45) is 3.26. The Morgan fingerprint density at radius 3 is 2.23 bits per heavy atom. The summed E-state index contributed by atoms with van der Waals surface area (Å²) in [5.41, 5.74) is 0.941. The van der Waals surface area contributed by atoms with Crippen LogP contribution in [0, 0.1) is 0 Å². The second-order valence-corrected chi connectivity index (χ2v) is 7.52. The molecule has 0 aromatic heterocycles. The average Bonchev–Trinajstić information content (AvgIpc) is 3.08. The quantitative estimate of drug-likeness (QED) is 0.711. The molecule has 164 valence electrons. The van der Waals surface area contributed by atoms with Crippen LogP contribution in [0.4, 0.5) is 5.69 Å². The van der Waals surface area contributed by atoms with Crippen molar-refractivity contribution >= 4 is 23.5 Å². The number of esters is 1. The fraction of sp³-hybridized carbons (Fsp3) is 0.375. The molecule has 1 saturated heterocycles. The highest BCUT2D eigenvalue weighted by Gasteiger charge is 2.26. The minimum Gasteiger partial charge on any atom is -0.497 e. The molecule has 31 heavy (non-hydrogen) atoms. The molecule has 0 radical (unpaired) electrons. The third-order valence-electron chi connectivity index (χ3n) is 5.30. The summed E-state index contributed by atoms with van der Waals surface area (Å²) in [5, 5.41) is 2.74. The van der Waals surface area contributed by atoms with Crippen LogP contribution in [0.15, 0.2) is 48.5 Å². The number of anilines is 1. The standard InChI is InChI=1S/C24H28N2O5/c1-17(23(28)26-15-7-3-4-8-16-26)31-24(29)20-9-5-6-10-21(20)25-22(27)18-11-13-19(30-2)14-12-18/h5-6,9-14,17H,3-4,7-8,15-16H2,1-2H3,(H,25,27)/t17-/m1/s1. The lowest BCUT2D eigenvalue weighted by molar-refractivity contribution is -0.139. The molecular weight excluding hydrogens is 396 g/mol. The minimum absolute atomic E-state index is 0.185. The van der Waals surface area contributed by atoms with E-state index in [9.17, 15) is 14.4 Å². The molecule has 1 fully saturated rings. The van der Waals surface area contributed by atoms with Crippen LogP contribution < -0.4 is 10.1 Å². The smallest absolute Gasteiger partial charge is 0.341 e. The lowest BCUT2D eigenvalue weighted by atomic mass is 10.1. The average molecular weight is 424 g/mol. The number of hydrogen-bond donors (Lipinski definition) is 1. The zero-order valence-electron chi connectivity index (χ0n) is 17.9. The number of carbonyl (C=O) groups is 3. The van der Waals surface area contributed by atoms with Crippen LogP contribution in [-0.4, -0.2) is 49.0 Å². The molecule has 0 spiro atoms. The van der Waals surface area contributed by atoms with Gasteiger partial charge in [0.2, 0.25) is 0 Å². The van der Waals surface area contributed by atoms with E-state index >= 15 is 0 Å². The zero-order valence-corrected chi connectivity index (χ0v) is 17.9. The molecule has 0 saturated carbocycles. The first kappa shape index (κ1) is 22.3. The van der Waals surface area contributed by atoms with Gasteiger partial charge in [0.05, 0.1) is 18.4 Å². The van der Waals surface area contributed by atoms with E-state index in [1.54, 1.807) is 67.5 Å². The number of amides is 2. The van der Waals surface area contributed by atoms with Crippen molar-refractivity contribution in [2.75, 3.05) is 25.5 Å². The Morgan fingerprint density at radius 1 is 0.935 bits per heavy atom. The van der Waals surface area contributed by atoms with Crippen molar-refractivity contribution in [1.82, 2.24) is 4.90 Å². The van der Waals surface area contributed by atoms with Crippen molar-refractivity contribution in [3.05, 3.63) is 59.7 Å². The third kappa shape index (κ3) is 5.84. The number of nitrogens with one attached hydrogen (secondary N) is 1. The van der Waals surface area contributed by atoms with E-state index in [1.165, 1.54) is 0 Å². The molecule has 1 atom stereocenters. The van der Waals surface area contributed by atoms with Gasteiger partial charge in [0.15, 0.2) is 6.10 Å². The molecule has 0 bridgehead atoms. The Kier molecular flexibility index (Phi) is 7.65. The van der Waals surface area contributed by atoms with Crippen LogP contribution in [0.5, 0.6) is 5.75 Å². The second kappa shape index (κ2) is 10.6. The van der Waals surface area contributed by atoms with Crippen LogP contribution in [0.2, 0.25) is 0 Å². The fourth-order valence-corrected chi connectivity index (χ4v) is 3.53. The van der Waals surface area contributed by atoms with Crippen molar-refractivity contribution < 1.29 is 23.9 Å². The van der Waals surface area contributed by atoms with Crippen LogP contribution in [-0.2, 0) is 9.53 Å². The Labute approximate surface area is 182 Å². The van der Waals surface area contributed by atoms with Crippen LogP contribution in [0.25, 0.3) is 0 Å². The number of nitrogens with zero attached hydrogens (tertiary/aromatic N) is 1. The van der Waals surface area contributed by atoms with E-state index in [0.29, 0.717) is 30.1 Å². The molecule has 3 rings (SSSR count). The molecule has 2 aromatic carbocycles. The topological polar surface area (TPSA) is 84.9 Å². The van der Waals surface area contributed by atoms with Crippen molar-refractivity contribution in [1.29, 1.82) is 0 Å². The van der Waals surface area contributed by atoms with E-state index in [4.69, 9.17) is 9.47 Å². The number of rotatable bonds is 6. The number of carbonyl (C=O) groups excluding carboxylic acids is 3. The minimum atomic E-state index is -0.893. The molecule has 1 heterocycles. The SMILES string of the molecule is COc1ccc(C(=O)Nc2ccccc2C(=O)O[C@H](C)C(=O)N2CCCCCC2)cc1. The maximum absolute atomic E-state index is 12.8. The normalized spacial score (nSPS) is 14.8. The molecule has 1 aliphatic rings. The maximum Gasteiger partial charge on any atom is 0.341 e. The lowest BCUT2D eigenvalue weighted by Crippen LogP contribution is -2.40. The van der Waals surface area contributed by atoms with Gasteiger partial charge in [0, 0.05) is 18.7 Å². The van der Waals surface area contributed by atoms with Crippen LogP contribution in [0.3, 0.4) is 0 Å². The molecule has 7 nitrogen and oxygen atoms in total. The number of methoxy groups -OCH3 is 1. The first-order chi connectivity index (χ1) is 15.0. The summed E-state index contributed by atoms with van der Waals surface area (Å²) in [7, 11) is 1.55. The fourth-order valence-electron chi connectivity index (χ4n) is 3.53. The molecule has 0 aliphatic carbocycles. The van der Waals surface area contributed by atoms with Gasteiger partial charge in [-0.25, -0.2) is 4.79 Å². The highest BCUT2D eigenvalue weighted by atomic mass is 16.5. The number of ether oxygens (including phenoxy) is 2. The monoisotopic (exact) mass is 424 g/mol. The van der Waals surface area contributed by atoms with E-state index in [0.717, 1.165) is 25.7 Å². The van der Waals surface area contributed by atoms with Gasteiger partial charge in [-0.15, -0.1) is 0 Å². The molecule has 2 amide bonds. The van der Waals surface area contributed by atoms with Gasteiger partial charge in [-0.05, 0) is 56.2 Å². The molecule has 1 N–H and O–H groups in total. The molecule has 1 aliphatic heterocycles. The predicted molar refractivity (Wildman–Crippen MR) is 117 cm³/mol. The van der Waals surface area contributed by atoms with Crippen molar-refractivity contribution in [3.8, 4) is 5.75 Å². The lowest BCUT2D eigenvalue weighted by Gasteiger charge is -2.24. The van der Waals surface area contributed by atoms with E-state index < -0.39 is 12.1 Å². The van der Waals surface area contributed by atoms with E-state index in [1.807, 2.05) is 0 Å². The van der Waals surface area contributed by atoms with Crippen molar-refractivity contribution in [2.24, 2.45) is 0 Å². The Morgan fingerprint density at radius 2 is 1.58 bits per heavy atom. The molecular formula is C24H28N2O5. The Balaban J connectivity index is 1.67. The van der Waals surface area contributed by atoms with Gasteiger partial charge in [-0.1, -0.05) is 25.0 Å². The molecule has 2 aromatic rings. The summed E-state index contributed by atoms with van der Waals surface area (Å²) in [6, 6.07) is 13.2. The van der Waals surface area contributed by atoms with Gasteiger partial charge < -0.3 is 19.7 Å². The van der Waals surface area contributed by atoms with Crippen LogP contribution >= 0.6 is 0 Å². The maximum atomic E-state index is 12.8. The van der Waals surface area contributed by atoms with E-state index in [2.05, 4.69) is 5.32 Å². The first-order valence-corrected chi connectivity index (χ1v) is 10.5. The number of hydrogen-bond acceptors (Lipinski definition) is 5. The number of para-hydroxylation sites is 1. The molecule has 0 unspecified atom stereocenters. The summed E-state index contributed by atoms with van der Waals surface area (Å²) in [5.74, 6) is -0.559. The summed E-state index contributed by atoms with van der Waals surface area (Å²) >= 11 is 0. The molecule has 7 heteroatoms. The van der Waals surface area contributed by atoms with E-state index in [-0.39, 0.29) is 17.4 Å². The Hall–Kier alpha value is -3.35. The van der Waals surface area contributed by atoms with Gasteiger partial charge in [0.25, 0.3) is 11.8 Å². The van der Waals surface area contributed by atoms with Gasteiger partial charge in [0.1, 0.15) is 5.75 Å². The number of likely N-dealkylation sites (tertiary alicyclic amines) is 1.